The minimum absolute atomic E-state index is 0. The molecule has 0 spiro atoms. The Kier molecular flexibility index (Phi) is 83.3. The smallest absolute Gasteiger partial charge is 0.325 e. The number of ketones is 4. The Morgan fingerprint density at radius 3 is 0.629 bits per heavy atom. The minimum Gasteiger partial charge on any atom is -0.511 e. The fourth-order valence-corrected chi connectivity index (χ4v) is 4.09. The van der Waals surface area contributed by atoms with Gasteiger partial charge in [-0.05, 0) is 180 Å². The summed E-state index contributed by atoms with van der Waals surface area (Å²) < 4.78 is 20.6. The van der Waals surface area contributed by atoms with E-state index >= 15 is 0 Å². The van der Waals surface area contributed by atoms with E-state index < -0.39 is 33.7 Å². The molecular weight excluding hydrogens is 1390 g/mol. The standard InChI is InChI=1S/2C14H26O4.2C11H20O2.C6H14O2.2C4H10O.C3H8O2.2C3H8O.4Ti/c2*1-13(2,3)11(15)9-12(16)14(4,5)10-18-8-7-17-6;2*1-10(2,3)8(12)7-9(13)11(4,5)6;1-5(7)4-6(2,3)8;2*1-4(2,3)5;4-2-1-3-5;2*1-3(2)4;;;;/h2*9,16H,7-8,10H2,1-6H3;2*7,12H,1-6H3;5,7-8H,4H2,1-3H3;2*5H,1-3H3;4-5H,1-3H2;2*3-4H,1-2H3;;;;/p+4. The molecule has 24 heteroatoms. The van der Waals surface area contributed by atoms with Gasteiger partial charge in [-0.25, -0.2) is 0 Å². The van der Waals surface area contributed by atoms with Crippen LogP contribution in [0.15, 0.2) is 47.3 Å². The van der Waals surface area contributed by atoms with E-state index in [4.69, 9.17) is 59.8 Å². The van der Waals surface area contributed by atoms with Crippen LogP contribution in [0.1, 0.15) is 255 Å². The molecule has 0 rings (SSSR count). The molecule has 0 saturated heterocycles. The molecule has 0 fully saturated rings. The van der Waals surface area contributed by atoms with Gasteiger partial charge in [0.25, 0.3) is 0 Å². The summed E-state index contributed by atoms with van der Waals surface area (Å²) in [6.07, 6.45) is 5.92. The van der Waals surface area contributed by atoms with Crippen molar-refractivity contribution in [1.82, 2.24) is 0 Å². The van der Waals surface area contributed by atoms with Gasteiger partial charge in [0, 0.05) is 155 Å². The molecule has 1 atom stereocenters. The Labute approximate surface area is 652 Å². The molecule has 0 aliphatic rings. The normalized spacial score (nSPS) is 12.7. The fourth-order valence-electron chi connectivity index (χ4n) is 4.09. The first-order chi connectivity index (χ1) is 40.6. The second-order valence-electron chi connectivity index (χ2n) is 33.2. The van der Waals surface area contributed by atoms with Crippen LogP contribution < -0.4 is 0 Å². The quantitative estimate of drug-likeness (QED) is 0.0177. The van der Waals surface area contributed by atoms with Gasteiger partial charge in [0.15, 0.2) is 0 Å². The number of carbonyl (C=O) groups excluding carboxylic acids is 4. The van der Waals surface area contributed by atoms with E-state index in [1.54, 1.807) is 104 Å². The fraction of sp³-hybridized carbons (Fsp3) is 0.836. The summed E-state index contributed by atoms with van der Waals surface area (Å²) >= 11 is 0. The second-order valence-corrected chi connectivity index (χ2v) is 33.2. The number of aliphatic hydroxyl groups is 12. The van der Waals surface area contributed by atoms with E-state index in [-0.39, 0.29) is 191 Å². The number of ether oxygens (including phenoxy) is 4. The van der Waals surface area contributed by atoms with Gasteiger partial charge < -0.3 is 80.2 Å². The molecule has 0 bridgehead atoms. The van der Waals surface area contributed by atoms with Crippen molar-refractivity contribution in [3.05, 3.63) is 47.3 Å². The molecule has 20 nitrogen and oxygen atoms in total. The molecule has 0 aliphatic heterocycles. The molecule has 0 amide bonds. The van der Waals surface area contributed by atoms with Gasteiger partial charge in [-0.15, -0.1) is 0 Å². The molecule has 0 saturated carbocycles. The van der Waals surface area contributed by atoms with Crippen molar-refractivity contribution in [3.8, 4) is 0 Å². The van der Waals surface area contributed by atoms with Gasteiger partial charge >= 0.3 is 23.1 Å². The Morgan fingerprint density at radius 1 is 0.351 bits per heavy atom. The maximum Gasteiger partial charge on any atom is 0.325 e. The Morgan fingerprint density at radius 2 is 0.526 bits per heavy atom. The van der Waals surface area contributed by atoms with Crippen LogP contribution in [0.2, 0.25) is 0 Å². The van der Waals surface area contributed by atoms with Crippen molar-refractivity contribution in [2.24, 2.45) is 43.3 Å². The predicted molar refractivity (Wildman–Crippen MR) is 390 cm³/mol. The summed E-state index contributed by atoms with van der Waals surface area (Å²) in [5.41, 5.74) is -4.77. The van der Waals surface area contributed by atoms with Crippen molar-refractivity contribution in [1.29, 1.82) is 0 Å². The van der Waals surface area contributed by atoms with E-state index in [2.05, 4.69) is 0 Å². The van der Waals surface area contributed by atoms with Crippen LogP contribution >= 0.6 is 0 Å². The molecular formula is C73H154O20Ti4+4. The molecule has 0 aromatic rings. The van der Waals surface area contributed by atoms with Gasteiger partial charge in [-0.2, -0.15) is 0 Å². The Bertz CT molecular complexity index is 1880. The maximum absolute atomic E-state index is 10.0. The average Bonchev–Trinajstić information content (AvgIpc) is 1.87. The molecule has 0 aromatic heterocycles. The van der Waals surface area contributed by atoms with Crippen LogP contribution in [0.25, 0.3) is 0 Å². The van der Waals surface area contributed by atoms with Gasteiger partial charge in [0.1, 0.15) is 23.0 Å². The number of hydrogen-bond donors (Lipinski definition) is 12. The van der Waals surface area contributed by atoms with E-state index in [0.717, 1.165) is 0 Å². The van der Waals surface area contributed by atoms with Crippen LogP contribution in [-0.4, -0.2) is 206 Å². The van der Waals surface area contributed by atoms with Crippen LogP contribution in [0.3, 0.4) is 0 Å². The second kappa shape index (κ2) is 62.6. The molecule has 0 heterocycles. The van der Waals surface area contributed by atoms with Gasteiger partial charge in [0.2, 0.25) is 0 Å². The zero-order chi connectivity index (χ0) is 77.6. The molecule has 0 radical (unpaired) electrons. The number of hydrogen-bond acceptors (Lipinski definition) is 16. The third kappa shape index (κ3) is 117. The molecule has 0 aliphatic carbocycles. The van der Waals surface area contributed by atoms with Crippen LogP contribution in [0.5, 0.6) is 0 Å². The topological polar surface area (TPSA) is 365 Å². The van der Waals surface area contributed by atoms with Crippen LogP contribution in [0.4, 0.5) is 0 Å². The summed E-state index contributed by atoms with van der Waals surface area (Å²) in [5, 5.41) is 106. The molecule has 1 unspecified atom stereocenters. The molecule has 578 valence electrons. The summed E-state index contributed by atoms with van der Waals surface area (Å²) in [7, 11) is 3.23. The minimum atomic E-state index is -0.728. The summed E-state index contributed by atoms with van der Waals surface area (Å²) in [6, 6.07) is 0. The van der Waals surface area contributed by atoms with Crippen molar-refractivity contribution in [2.75, 3.05) is 67.1 Å². The molecule has 97 heavy (non-hydrogen) atoms. The van der Waals surface area contributed by atoms with Crippen LogP contribution in [0, 0.1) is 43.3 Å². The number of methoxy groups -OCH3 is 2. The summed E-state index contributed by atoms with van der Waals surface area (Å²) in [4.78, 5) is 38.9. The maximum atomic E-state index is 10.0. The first kappa shape index (κ1) is 129. The predicted octanol–water partition coefficient (Wildman–Crippen LogP) is 13.8. The van der Waals surface area contributed by atoms with Gasteiger partial charge in [-0.1, -0.05) is 69.2 Å². The first-order valence-corrected chi connectivity index (χ1v) is 32.1. The van der Waals surface area contributed by atoms with E-state index in [0.29, 0.717) is 52.5 Å². The number of allylic oxidation sites excluding steroid dienone is 6. The van der Waals surface area contributed by atoms with Crippen molar-refractivity contribution < 1.29 is 186 Å². The van der Waals surface area contributed by atoms with E-state index in [1.165, 1.54) is 24.3 Å². The zero-order valence-corrected chi connectivity index (χ0v) is 74.6. The summed E-state index contributed by atoms with van der Waals surface area (Å²) in [6.45, 7) is 66.9. The molecule has 16 N–H and O–H groups in total. The Hall–Kier alpha value is -0.783. The number of rotatable bonds is 20. The van der Waals surface area contributed by atoms with E-state index in [1.807, 2.05) is 152 Å². The SMILES string of the molecule is CC(C)(C)C(=[OH+])C=C(O)C(C)(C)C.CC(C)(C)C(=[OH+])C=C(O)C(C)(C)C.CC(C)(C)O.CC(C)(C)O.CC(C)O.CC(C)O.CC(O)CC(C)(C)O.COCCOCC(C)(C)C(O)=CC(=[OH+])C(C)(C)C.COCCOCC(C)(C)C(O)=CC(=[OH+])C(C)(C)C.OCCCO.[Ti].[Ti].[Ti].[Ti]. The average molecular weight is 1540 g/mol. The third-order valence-electron chi connectivity index (χ3n) is 9.99. The van der Waals surface area contributed by atoms with Crippen LogP contribution in [-0.2, 0) is 106 Å². The van der Waals surface area contributed by atoms with Gasteiger partial charge in [0.05, 0.1) is 109 Å². The largest absolute Gasteiger partial charge is 0.511 e. The number of aliphatic hydroxyl groups excluding tert-OH is 9. The van der Waals surface area contributed by atoms with Crippen molar-refractivity contribution in [2.45, 2.75) is 290 Å². The molecule has 0 aromatic carbocycles. The van der Waals surface area contributed by atoms with Crippen molar-refractivity contribution >= 4 is 23.1 Å². The van der Waals surface area contributed by atoms with E-state index in [9.17, 15) is 39.6 Å². The zero-order valence-electron chi connectivity index (χ0n) is 68.4. The first-order valence-electron chi connectivity index (χ1n) is 32.1. The Balaban J connectivity index is -0.0000000685. The third-order valence-corrected chi connectivity index (χ3v) is 9.99. The van der Waals surface area contributed by atoms with Gasteiger partial charge in [-0.3, -0.25) is 19.2 Å². The summed E-state index contributed by atoms with van der Waals surface area (Å²) in [5.74, 6) is 1.38. The monoisotopic (exact) mass is 1540 g/mol. The van der Waals surface area contributed by atoms with Crippen molar-refractivity contribution in [3.63, 3.8) is 0 Å².